The summed E-state index contributed by atoms with van der Waals surface area (Å²) in [5.74, 6) is -0.556. The fraction of sp³-hybridized carbons (Fsp3) is 0.281. The Morgan fingerprint density at radius 1 is 0.854 bits per heavy atom. The highest BCUT2D eigenvalue weighted by atomic mass is 16.6. The van der Waals surface area contributed by atoms with Crippen molar-refractivity contribution in [3.63, 3.8) is 0 Å². The van der Waals surface area contributed by atoms with Crippen LogP contribution in [0, 0.1) is 0 Å². The normalized spacial score (nSPS) is 19.5. The molecule has 0 unspecified atom stereocenters. The molecule has 2 bridgehead atoms. The van der Waals surface area contributed by atoms with Gasteiger partial charge in [0.05, 0.1) is 18.3 Å². The predicted molar refractivity (Wildman–Crippen MR) is 153 cm³/mol. The molecule has 0 saturated carbocycles. The van der Waals surface area contributed by atoms with Crippen LogP contribution in [-0.2, 0) is 34.9 Å². The maximum absolute atomic E-state index is 12.5. The van der Waals surface area contributed by atoms with Gasteiger partial charge in [-0.1, -0.05) is 54.6 Å². The summed E-state index contributed by atoms with van der Waals surface area (Å²) < 4.78 is 30.5. The summed E-state index contributed by atoms with van der Waals surface area (Å²) in [5, 5.41) is 3.18. The summed E-state index contributed by atoms with van der Waals surface area (Å²) in [6.45, 7) is 4.24. The van der Waals surface area contributed by atoms with Crippen LogP contribution in [0.4, 0.5) is 0 Å². The lowest BCUT2D eigenvalue weighted by Crippen LogP contribution is -2.56. The van der Waals surface area contributed by atoms with Crippen LogP contribution in [0.1, 0.15) is 50.8 Å². The molecular formula is C32H29BO8. The third-order valence-electron chi connectivity index (χ3n) is 7.67. The molecule has 6 rings (SSSR count). The summed E-state index contributed by atoms with van der Waals surface area (Å²) in [7, 11) is -0.713. The van der Waals surface area contributed by atoms with Crippen molar-refractivity contribution in [3.8, 4) is 11.5 Å². The van der Waals surface area contributed by atoms with E-state index in [-0.39, 0.29) is 12.6 Å². The Kier molecular flexibility index (Phi) is 7.01. The molecule has 1 fully saturated rings. The van der Waals surface area contributed by atoms with Gasteiger partial charge in [-0.05, 0) is 28.4 Å². The minimum Gasteiger partial charge on any atom is -0.466 e. The largest absolute Gasteiger partial charge is 0.494 e. The molecule has 1 aliphatic carbocycles. The quantitative estimate of drug-likeness (QED) is 0.143. The fourth-order valence-electron chi connectivity index (χ4n) is 6.04. The van der Waals surface area contributed by atoms with Crippen molar-refractivity contribution < 1.29 is 37.9 Å². The molecule has 0 N–H and O–H groups in total. The van der Waals surface area contributed by atoms with Gasteiger partial charge < -0.3 is 23.5 Å². The first kappa shape index (κ1) is 27.0. The number of carbonyl (C=O) groups is 3. The van der Waals surface area contributed by atoms with Crippen molar-refractivity contribution in [2.24, 2.45) is 0 Å². The molecule has 4 aromatic carbocycles. The van der Waals surface area contributed by atoms with Crippen LogP contribution in [0.2, 0.25) is 0 Å². The Morgan fingerprint density at radius 3 is 2.10 bits per heavy atom. The van der Waals surface area contributed by atoms with Crippen molar-refractivity contribution in [3.05, 3.63) is 77.9 Å². The smallest absolute Gasteiger partial charge is 0.466 e. The zero-order valence-electron chi connectivity index (χ0n) is 23.1. The molecular weight excluding hydrogens is 523 g/mol. The Morgan fingerprint density at radius 2 is 1.46 bits per heavy atom. The van der Waals surface area contributed by atoms with Crippen molar-refractivity contribution in [2.75, 3.05) is 6.61 Å². The Hall–Kier alpha value is -4.21. The SMILES string of the molecule is CC(=O)OCC[C@]12Cc3c(c(OC(C)=O)c4cc5ccccc5cc4c3OC(C)=O)[C@H](C1)OB(c1ccccc1)O2. The van der Waals surface area contributed by atoms with E-state index in [4.69, 9.17) is 23.5 Å². The molecule has 0 spiro atoms. The van der Waals surface area contributed by atoms with E-state index < -0.39 is 30.8 Å². The molecule has 208 valence electrons. The van der Waals surface area contributed by atoms with Gasteiger partial charge >= 0.3 is 25.0 Å². The van der Waals surface area contributed by atoms with E-state index in [9.17, 15) is 14.4 Å². The van der Waals surface area contributed by atoms with Crippen LogP contribution >= 0.6 is 0 Å². The maximum Gasteiger partial charge on any atom is 0.494 e. The van der Waals surface area contributed by atoms with Gasteiger partial charge in [0.2, 0.25) is 0 Å². The Labute approximate surface area is 237 Å². The van der Waals surface area contributed by atoms with Crippen LogP contribution in [0.25, 0.3) is 21.5 Å². The van der Waals surface area contributed by atoms with Gasteiger partial charge in [-0.15, -0.1) is 0 Å². The van der Waals surface area contributed by atoms with Gasteiger partial charge in [0.25, 0.3) is 0 Å². The highest BCUT2D eigenvalue weighted by Crippen LogP contribution is 2.55. The van der Waals surface area contributed by atoms with Crippen molar-refractivity contribution in [1.29, 1.82) is 0 Å². The van der Waals surface area contributed by atoms with Gasteiger partial charge in [0, 0.05) is 61.9 Å². The first-order valence-corrected chi connectivity index (χ1v) is 13.6. The topological polar surface area (TPSA) is 97.4 Å². The monoisotopic (exact) mass is 552 g/mol. The second-order valence-electron chi connectivity index (χ2n) is 10.6. The number of rotatable bonds is 6. The molecule has 2 aliphatic rings. The molecule has 1 heterocycles. The lowest BCUT2D eigenvalue weighted by atomic mass is 9.67. The Bertz CT molecular complexity index is 1680. The van der Waals surface area contributed by atoms with E-state index in [0.717, 1.165) is 16.2 Å². The molecule has 1 saturated heterocycles. The number of benzene rings is 4. The molecule has 0 aromatic heterocycles. The zero-order valence-corrected chi connectivity index (χ0v) is 23.1. The van der Waals surface area contributed by atoms with E-state index in [2.05, 4.69) is 0 Å². The van der Waals surface area contributed by atoms with Crippen molar-refractivity contribution >= 4 is 52.0 Å². The lowest BCUT2D eigenvalue weighted by Gasteiger charge is -2.49. The summed E-state index contributed by atoms with van der Waals surface area (Å²) in [6.07, 6.45) is 0.589. The minimum atomic E-state index is -0.807. The Balaban J connectivity index is 1.61. The number of fused-ring (bicyclic) bond motifs is 6. The van der Waals surface area contributed by atoms with Crippen LogP contribution < -0.4 is 14.9 Å². The molecule has 1 aliphatic heterocycles. The van der Waals surface area contributed by atoms with Gasteiger partial charge in [0.1, 0.15) is 11.5 Å². The van der Waals surface area contributed by atoms with E-state index in [0.29, 0.717) is 52.7 Å². The van der Waals surface area contributed by atoms with Gasteiger partial charge in [-0.2, -0.15) is 0 Å². The molecule has 0 amide bonds. The molecule has 2 atom stereocenters. The van der Waals surface area contributed by atoms with Crippen molar-refractivity contribution in [2.45, 2.75) is 51.7 Å². The standard InChI is InChI=1S/C32H29BO8/c1-19(34)37-14-13-32-17-27-29(28(18-32)40-33(41-32)24-11-5-4-6-12-24)31(39-21(3)36)26-16-23-10-8-7-9-22(23)15-25(26)30(27)38-20(2)35/h4-12,15-16,28H,13-14,17-18H2,1-3H3/t28-,32-/m0/s1. The zero-order chi connectivity index (χ0) is 28.7. The van der Waals surface area contributed by atoms with Gasteiger partial charge in [0.15, 0.2) is 0 Å². The van der Waals surface area contributed by atoms with Gasteiger partial charge in [-0.25, -0.2) is 0 Å². The number of carbonyl (C=O) groups excluding carboxylic acids is 3. The highest BCUT2D eigenvalue weighted by molar-refractivity contribution is 6.61. The number of esters is 3. The van der Waals surface area contributed by atoms with Gasteiger partial charge in [-0.3, -0.25) is 14.4 Å². The third kappa shape index (κ3) is 5.18. The van der Waals surface area contributed by atoms with E-state index in [1.165, 1.54) is 20.8 Å². The van der Waals surface area contributed by atoms with Crippen molar-refractivity contribution in [1.82, 2.24) is 0 Å². The minimum absolute atomic E-state index is 0.150. The maximum atomic E-state index is 12.5. The summed E-state index contributed by atoms with van der Waals surface area (Å²) >= 11 is 0. The summed E-state index contributed by atoms with van der Waals surface area (Å²) in [5.41, 5.74) is 1.36. The fourth-order valence-corrected chi connectivity index (χ4v) is 6.04. The average Bonchev–Trinajstić information content (AvgIpc) is 2.93. The molecule has 41 heavy (non-hydrogen) atoms. The summed E-state index contributed by atoms with van der Waals surface area (Å²) in [4.78, 5) is 36.5. The summed E-state index contributed by atoms with van der Waals surface area (Å²) in [6, 6.07) is 21.3. The first-order valence-electron chi connectivity index (χ1n) is 13.6. The molecule has 9 heteroatoms. The van der Waals surface area contributed by atoms with Crippen LogP contribution in [0.5, 0.6) is 11.5 Å². The molecule has 0 radical (unpaired) electrons. The second-order valence-corrected chi connectivity index (χ2v) is 10.6. The number of ether oxygens (including phenoxy) is 3. The van der Waals surface area contributed by atoms with E-state index in [1.54, 1.807) is 0 Å². The molecule has 4 aromatic rings. The second kappa shape index (κ2) is 10.6. The third-order valence-corrected chi connectivity index (χ3v) is 7.67. The predicted octanol–water partition coefficient (Wildman–Crippen LogP) is 4.97. The first-order chi connectivity index (χ1) is 19.7. The van der Waals surface area contributed by atoms with Crippen LogP contribution in [0.3, 0.4) is 0 Å². The molecule has 8 nitrogen and oxygen atoms in total. The number of hydrogen-bond donors (Lipinski definition) is 0. The lowest BCUT2D eigenvalue weighted by molar-refractivity contribution is -0.144. The van der Waals surface area contributed by atoms with Crippen LogP contribution in [0.15, 0.2) is 66.7 Å². The van der Waals surface area contributed by atoms with Crippen LogP contribution in [-0.4, -0.2) is 37.2 Å². The van der Waals surface area contributed by atoms with E-state index in [1.807, 2.05) is 66.7 Å². The highest BCUT2D eigenvalue weighted by Gasteiger charge is 2.52. The average molecular weight is 552 g/mol. The number of hydrogen-bond acceptors (Lipinski definition) is 8. The van der Waals surface area contributed by atoms with E-state index >= 15 is 0 Å².